The first kappa shape index (κ1) is 10.8. The van der Waals surface area contributed by atoms with Crippen molar-refractivity contribution in [3.05, 3.63) is 54.6 Å². The van der Waals surface area contributed by atoms with Crippen LogP contribution in [0.2, 0.25) is 6.82 Å². The van der Waals surface area contributed by atoms with Crippen molar-refractivity contribution in [2.45, 2.75) is 6.82 Å². The Morgan fingerprint density at radius 1 is 1.06 bits per heavy atom. The zero-order valence-corrected chi connectivity index (χ0v) is 9.66. The van der Waals surface area contributed by atoms with Crippen molar-refractivity contribution < 1.29 is 0 Å². The normalized spacial score (nSPS) is 10.1. The summed E-state index contributed by atoms with van der Waals surface area (Å²) in [6.07, 6.45) is 3.86. The van der Waals surface area contributed by atoms with E-state index < -0.39 is 0 Å². The molecular formula is C15H15B. The van der Waals surface area contributed by atoms with Crippen LogP contribution in [-0.2, 0) is 0 Å². The van der Waals surface area contributed by atoms with Gasteiger partial charge in [0.1, 0.15) is 0 Å². The lowest BCUT2D eigenvalue weighted by Gasteiger charge is -2.11. The molecule has 0 heterocycles. The van der Waals surface area contributed by atoms with E-state index in [9.17, 15) is 0 Å². The Bertz CT molecular complexity index is 553. The molecule has 0 nitrogen and oxygen atoms in total. The minimum atomic E-state index is 1.02. The van der Waals surface area contributed by atoms with Gasteiger partial charge in [0.2, 0.25) is 0 Å². The Morgan fingerprint density at radius 3 is 2.38 bits per heavy atom. The molecule has 0 aromatic heterocycles. The Kier molecular flexibility index (Phi) is 2.96. The van der Waals surface area contributed by atoms with Crippen LogP contribution in [0.3, 0.4) is 0 Å². The van der Waals surface area contributed by atoms with Gasteiger partial charge < -0.3 is 0 Å². The van der Waals surface area contributed by atoms with Crippen LogP contribution in [0.4, 0.5) is 0 Å². The van der Waals surface area contributed by atoms with Crippen LogP contribution in [0, 0.1) is 0 Å². The Balaban J connectivity index is 2.93. The number of fused-ring (bicyclic) bond motifs is 1. The topological polar surface area (TPSA) is 0 Å². The summed E-state index contributed by atoms with van der Waals surface area (Å²) in [4.78, 5) is 0. The number of hydrogen-bond acceptors (Lipinski definition) is 0. The summed E-state index contributed by atoms with van der Waals surface area (Å²) in [6, 6.07) is 10.7. The molecule has 1 heteroatoms. The highest BCUT2D eigenvalue weighted by molar-refractivity contribution is 6.53. The molecule has 0 bridgehead atoms. The first-order valence-corrected chi connectivity index (χ1v) is 5.61. The minimum absolute atomic E-state index is 1.02. The molecule has 0 unspecified atom stereocenters. The van der Waals surface area contributed by atoms with Crippen LogP contribution >= 0.6 is 0 Å². The van der Waals surface area contributed by atoms with Gasteiger partial charge in [0.25, 0.3) is 0 Å². The molecule has 2 aromatic carbocycles. The first-order valence-electron chi connectivity index (χ1n) is 5.61. The van der Waals surface area contributed by atoms with Gasteiger partial charge in [0.05, 0.1) is 0 Å². The van der Waals surface area contributed by atoms with E-state index in [2.05, 4.69) is 50.3 Å². The van der Waals surface area contributed by atoms with Crippen LogP contribution in [0.15, 0.2) is 43.5 Å². The Labute approximate surface area is 97.5 Å². The van der Waals surface area contributed by atoms with E-state index in [4.69, 9.17) is 0 Å². The van der Waals surface area contributed by atoms with Crippen LogP contribution in [-0.4, -0.2) is 7.28 Å². The number of hydrogen-bond donors (Lipinski definition) is 0. The highest BCUT2D eigenvalue weighted by Crippen LogP contribution is 2.22. The molecule has 0 aliphatic heterocycles. The Hall–Kier alpha value is -1.76. The van der Waals surface area contributed by atoms with Crippen molar-refractivity contribution in [3.8, 4) is 0 Å². The van der Waals surface area contributed by atoms with Crippen LogP contribution < -0.4 is 5.46 Å². The maximum absolute atomic E-state index is 3.92. The van der Waals surface area contributed by atoms with Gasteiger partial charge in [0, 0.05) is 0 Å². The molecule has 0 fully saturated rings. The third-order valence-electron chi connectivity index (χ3n) is 3.01. The molecule has 0 aliphatic rings. The zero-order chi connectivity index (χ0) is 11.5. The first-order chi connectivity index (χ1) is 7.81. The summed E-state index contributed by atoms with van der Waals surface area (Å²) in [5, 5.41) is 2.53. The van der Waals surface area contributed by atoms with Crippen molar-refractivity contribution in [2.75, 3.05) is 0 Å². The molecule has 0 aliphatic carbocycles. The zero-order valence-electron chi connectivity index (χ0n) is 9.66. The molecule has 16 heavy (non-hydrogen) atoms. The van der Waals surface area contributed by atoms with E-state index in [-0.39, 0.29) is 0 Å². The van der Waals surface area contributed by atoms with E-state index >= 15 is 0 Å². The largest absolute Gasteiger partial charge is 0.155 e. The lowest BCUT2D eigenvalue weighted by molar-refractivity contribution is 1.71. The lowest BCUT2D eigenvalue weighted by atomic mass is 9.69. The standard InChI is InChI=1S/C15H15B/c1-4-12-13(5-2)15(16-3)10-11-8-6-7-9-14(11)12/h4-10,16H,1-2H2,3H3. The summed E-state index contributed by atoms with van der Waals surface area (Å²) in [5.41, 5.74) is 3.75. The van der Waals surface area contributed by atoms with E-state index in [0.717, 1.165) is 7.28 Å². The maximum Gasteiger partial charge on any atom is 0.155 e. The van der Waals surface area contributed by atoms with Gasteiger partial charge in [-0.15, -0.1) is 0 Å². The molecular weight excluding hydrogens is 191 g/mol. The van der Waals surface area contributed by atoms with Gasteiger partial charge in [-0.2, -0.15) is 0 Å². The fourth-order valence-electron chi connectivity index (χ4n) is 2.21. The summed E-state index contributed by atoms with van der Waals surface area (Å²) in [7, 11) is 1.02. The van der Waals surface area contributed by atoms with Gasteiger partial charge in [-0.1, -0.05) is 67.9 Å². The third-order valence-corrected chi connectivity index (χ3v) is 3.01. The van der Waals surface area contributed by atoms with E-state index in [1.807, 2.05) is 12.2 Å². The summed E-state index contributed by atoms with van der Waals surface area (Å²) < 4.78 is 0. The summed E-state index contributed by atoms with van der Waals surface area (Å²) in [5.74, 6) is 0. The van der Waals surface area contributed by atoms with Gasteiger partial charge in [-0.3, -0.25) is 0 Å². The smallest absolute Gasteiger partial charge is 0.0985 e. The lowest BCUT2D eigenvalue weighted by Crippen LogP contribution is -2.15. The van der Waals surface area contributed by atoms with E-state index in [1.54, 1.807) is 0 Å². The molecule has 0 atom stereocenters. The average molecular weight is 206 g/mol. The molecule has 78 valence electrons. The van der Waals surface area contributed by atoms with E-state index in [0.29, 0.717) is 0 Å². The van der Waals surface area contributed by atoms with Crippen LogP contribution in [0.25, 0.3) is 22.9 Å². The van der Waals surface area contributed by atoms with Crippen molar-refractivity contribution in [2.24, 2.45) is 0 Å². The highest BCUT2D eigenvalue weighted by atomic mass is 14.1. The second kappa shape index (κ2) is 4.40. The molecule has 0 N–H and O–H groups in total. The van der Waals surface area contributed by atoms with Gasteiger partial charge >= 0.3 is 0 Å². The molecule has 2 rings (SSSR count). The monoisotopic (exact) mass is 206 g/mol. The fraction of sp³-hybridized carbons (Fsp3) is 0.0667. The van der Waals surface area contributed by atoms with Crippen LogP contribution in [0.5, 0.6) is 0 Å². The molecule has 0 saturated heterocycles. The minimum Gasteiger partial charge on any atom is -0.0985 e. The molecule has 2 aromatic rings. The fourth-order valence-corrected chi connectivity index (χ4v) is 2.21. The quantitative estimate of drug-likeness (QED) is 0.676. The van der Waals surface area contributed by atoms with Gasteiger partial charge in [-0.25, -0.2) is 0 Å². The van der Waals surface area contributed by atoms with Gasteiger partial charge in [0.15, 0.2) is 7.28 Å². The van der Waals surface area contributed by atoms with Crippen LogP contribution in [0.1, 0.15) is 11.1 Å². The maximum atomic E-state index is 3.92. The van der Waals surface area contributed by atoms with Crippen molar-refractivity contribution in [1.29, 1.82) is 0 Å². The summed E-state index contributed by atoms with van der Waals surface area (Å²) in [6.45, 7) is 10.00. The molecule has 0 amide bonds. The van der Waals surface area contributed by atoms with Crippen molar-refractivity contribution in [1.82, 2.24) is 0 Å². The predicted octanol–water partition coefficient (Wildman–Crippen LogP) is 3.24. The second-order valence-electron chi connectivity index (χ2n) is 3.85. The molecule has 0 saturated carbocycles. The molecule has 0 radical (unpaired) electrons. The van der Waals surface area contributed by atoms with E-state index in [1.165, 1.54) is 27.4 Å². The number of benzene rings is 2. The average Bonchev–Trinajstić information content (AvgIpc) is 2.36. The van der Waals surface area contributed by atoms with Crippen molar-refractivity contribution in [3.63, 3.8) is 0 Å². The third kappa shape index (κ3) is 1.59. The highest BCUT2D eigenvalue weighted by Gasteiger charge is 2.07. The number of rotatable bonds is 3. The molecule has 0 spiro atoms. The van der Waals surface area contributed by atoms with Crippen molar-refractivity contribution >= 4 is 35.7 Å². The predicted molar refractivity (Wildman–Crippen MR) is 76.8 cm³/mol. The van der Waals surface area contributed by atoms with Gasteiger partial charge in [-0.05, 0) is 21.9 Å². The Morgan fingerprint density at radius 2 is 1.75 bits per heavy atom. The summed E-state index contributed by atoms with van der Waals surface area (Å²) >= 11 is 0. The second-order valence-corrected chi connectivity index (χ2v) is 3.85. The SMILES string of the molecule is C=Cc1c(BC)cc2ccccc2c1C=C.